The predicted octanol–water partition coefficient (Wildman–Crippen LogP) is 3.08. The smallest absolute Gasteiger partial charge is 0.224 e. The molecule has 18 heavy (non-hydrogen) atoms. The molecule has 0 fully saturated rings. The summed E-state index contributed by atoms with van der Waals surface area (Å²) in [6, 6.07) is 7.98. The number of nitrogens with one attached hydrogen (secondary N) is 1. The van der Waals surface area contributed by atoms with Crippen LogP contribution in [0, 0.1) is 0 Å². The molecular formula is C14H22N2OS. The number of para-hydroxylation sites is 1. The van der Waals surface area contributed by atoms with E-state index in [4.69, 9.17) is 0 Å². The topological polar surface area (TPSA) is 32.3 Å². The fraction of sp³-hybridized carbons (Fsp3) is 0.500. The van der Waals surface area contributed by atoms with Gasteiger partial charge in [-0.2, -0.15) is 0 Å². The van der Waals surface area contributed by atoms with Crippen LogP contribution in [0.5, 0.6) is 0 Å². The Bertz CT molecular complexity index is 380. The summed E-state index contributed by atoms with van der Waals surface area (Å²) in [6.45, 7) is 2.96. The number of hydrogen-bond donors (Lipinski definition) is 1. The Labute approximate surface area is 114 Å². The molecule has 100 valence electrons. The summed E-state index contributed by atoms with van der Waals surface area (Å²) in [4.78, 5) is 14.8. The summed E-state index contributed by atoms with van der Waals surface area (Å²) >= 11 is 1.80. The second kappa shape index (κ2) is 8.16. The molecule has 0 aromatic heterocycles. The van der Waals surface area contributed by atoms with Gasteiger partial charge in [-0.1, -0.05) is 19.1 Å². The van der Waals surface area contributed by atoms with Gasteiger partial charge in [0.05, 0.1) is 5.69 Å². The highest BCUT2D eigenvalue weighted by atomic mass is 32.2. The van der Waals surface area contributed by atoms with Crippen molar-refractivity contribution in [2.24, 2.45) is 0 Å². The van der Waals surface area contributed by atoms with Crippen molar-refractivity contribution in [2.75, 3.05) is 31.7 Å². The van der Waals surface area contributed by atoms with Gasteiger partial charge in [-0.3, -0.25) is 4.79 Å². The van der Waals surface area contributed by atoms with Crippen LogP contribution in [-0.2, 0) is 4.79 Å². The largest absolute Gasteiger partial charge is 0.325 e. The molecule has 0 aliphatic rings. The average Bonchev–Trinajstić information content (AvgIpc) is 2.36. The molecule has 1 rings (SSSR count). The zero-order chi connectivity index (χ0) is 13.4. The van der Waals surface area contributed by atoms with Crippen molar-refractivity contribution in [3.63, 3.8) is 0 Å². The molecule has 3 nitrogen and oxygen atoms in total. The van der Waals surface area contributed by atoms with E-state index >= 15 is 0 Å². The molecule has 0 unspecified atom stereocenters. The van der Waals surface area contributed by atoms with Crippen LogP contribution >= 0.6 is 11.8 Å². The van der Waals surface area contributed by atoms with Crippen molar-refractivity contribution in [3.05, 3.63) is 24.3 Å². The van der Waals surface area contributed by atoms with E-state index in [0.717, 1.165) is 29.3 Å². The maximum Gasteiger partial charge on any atom is 0.224 e. The SMILES string of the molecule is CCC(=O)Nc1ccccc1SCCCN(C)C. The minimum atomic E-state index is 0.0661. The lowest BCUT2D eigenvalue weighted by Gasteiger charge is -2.11. The third-order valence-electron chi connectivity index (χ3n) is 2.49. The predicted molar refractivity (Wildman–Crippen MR) is 79.3 cm³/mol. The standard InChI is InChI=1S/C14H22N2OS/c1-4-14(17)15-12-8-5-6-9-13(12)18-11-7-10-16(2)3/h5-6,8-9H,4,7,10-11H2,1-3H3,(H,15,17). The molecule has 0 heterocycles. The fourth-order valence-corrected chi connectivity index (χ4v) is 2.44. The quantitative estimate of drug-likeness (QED) is 0.608. The number of thioether (sulfide) groups is 1. The number of carbonyl (C=O) groups excluding carboxylic acids is 1. The Hall–Kier alpha value is -1.00. The molecule has 1 aromatic carbocycles. The van der Waals surface area contributed by atoms with Crippen molar-refractivity contribution in [3.8, 4) is 0 Å². The Kier molecular flexibility index (Phi) is 6.83. The molecule has 0 saturated heterocycles. The number of nitrogens with zero attached hydrogens (tertiary/aromatic N) is 1. The summed E-state index contributed by atoms with van der Waals surface area (Å²) in [5.41, 5.74) is 0.930. The normalized spacial score (nSPS) is 10.7. The van der Waals surface area contributed by atoms with Gasteiger partial charge in [0.2, 0.25) is 5.91 Å². The second-order valence-electron chi connectivity index (χ2n) is 4.40. The number of anilines is 1. The Morgan fingerprint density at radius 3 is 2.72 bits per heavy atom. The molecule has 0 bridgehead atoms. The minimum absolute atomic E-state index is 0.0661. The second-order valence-corrected chi connectivity index (χ2v) is 5.54. The first-order valence-corrected chi connectivity index (χ1v) is 7.28. The van der Waals surface area contributed by atoms with Gasteiger partial charge in [-0.05, 0) is 44.9 Å². The van der Waals surface area contributed by atoms with Gasteiger partial charge in [0.25, 0.3) is 0 Å². The minimum Gasteiger partial charge on any atom is -0.325 e. The molecule has 1 aromatic rings. The molecule has 0 saturated carbocycles. The summed E-state index contributed by atoms with van der Waals surface area (Å²) in [6.07, 6.45) is 1.66. The highest BCUT2D eigenvalue weighted by molar-refractivity contribution is 7.99. The van der Waals surface area contributed by atoms with Crippen molar-refractivity contribution >= 4 is 23.4 Å². The summed E-state index contributed by atoms with van der Waals surface area (Å²) in [7, 11) is 4.17. The van der Waals surface area contributed by atoms with Crippen LogP contribution in [0.4, 0.5) is 5.69 Å². The van der Waals surface area contributed by atoms with E-state index in [0.29, 0.717) is 6.42 Å². The van der Waals surface area contributed by atoms with Gasteiger partial charge in [0.1, 0.15) is 0 Å². The first-order valence-electron chi connectivity index (χ1n) is 6.30. The van der Waals surface area contributed by atoms with E-state index in [9.17, 15) is 4.79 Å². The molecule has 0 aliphatic carbocycles. The molecule has 0 atom stereocenters. The number of carbonyl (C=O) groups is 1. The highest BCUT2D eigenvalue weighted by Gasteiger charge is 2.05. The number of amides is 1. The van der Waals surface area contributed by atoms with Crippen LogP contribution in [0.15, 0.2) is 29.2 Å². The molecule has 0 spiro atoms. The lowest BCUT2D eigenvalue weighted by atomic mass is 10.3. The van der Waals surface area contributed by atoms with E-state index in [-0.39, 0.29) is 5.91 Å². The van der Waals surface area contributed by atoms with Crippen LogP contribution in [0.1, 0.15) is 19.8 Å². The van der Waals surface area contributed by atoms with Gasteiger partial charge >= 0.3 is 0 Å². The Morgan fingerprint density at radius 1 is 1.33 bits per heavy atom. The number of hydrogen-bond acceptors (Lipinski definition) is 3. The monoisotopic (exact) mass is 266 g/mol. The van der Waals surface area contributed by atoms with Crippen LogP contribution < -0.4 is 5.32 Å². The molecule has 0 aliphatic heterocycles. The molecule has 1 amide bonds. The van der Waals surface area contributed by atoms with Gasteiger partial charge in [0, 0.05) is 11.3 Å². The van der Waals surface area contributed by atoms with E-state index in [1.807, 2.05) is 25.1 Å². The third kappa shape index (κ3) is 5.56. The summed E-state index contributed by atoms with van der Waals surface area (Å²) in [5.74, 6) is 1.13. The molecule has 4 heteroatoms. The van der Waals surface area contributed by atoms with Crippen molar-refractivity contribution in [2.45, 2.75) is 24.7 Å². The van der Waals surface area contributed by atoms with Crippen molar-refractivity contribution in [1.82, 2.24) is 4.90 Å². The first-order chi connectivity index (χ1) is 8.63. The van der Waals surface area contributed by atoms with Crippen LogP contribution in [0.2, 0.25) is 0 Å². The lowest BCUT2D eigenvalue weighted by Crippen LogP contribution is -2.13. The lowest BCUT2D eigenvalue weighted by molar-refractivity contribution is -0.115. The van der Waals surface area contributed by atoms with E-state index in [1.165, 1.54) is 0 Å². The number of benzene rings is 1. The zero-order valence-electron chi connectivity index (χ0n) is 11.4. The van der Waals surface area contributed by atoms with Gasteiger partial charge in [-0.15, -0.1) is 11.8 Å². The molecule has 0 radical (unpaired) electrons. The van der Waals surface area contributed by atoms with Gasteiger partial charge in [0.15, 0.2) is 0 Å². The van der Waals surface area contributed by atoms with Crippen LogP contribution in [0.3, 0.4) is 0 Å². The van der Waals surface area contributed by atoms with Gasteiger partial charge in [-0.25, -0.2) is 0 Å². The maximum atomic E-state index is 11.4. The van der Waals surface area contributed by atoms with E-state index in [2.05, 4.69) is 30.4 Å². The Morgan fingerprint density at radius 2 is 2.06 bits per heavy atom. The average molecular weight is 266 g/mol. The van der Waals surface area contributed by atoms with E-state index in [1.54, 1.807) is 11.8 Å². The number of rotatable bonds is 7. The molecular weight excluding hydrogens is 244 g/mol. The van der Waals surface area contributed by atoms with Gasteiger partial charge < -0.3 is 10.2 Å². The third-order valence-corrected chi connectivity index (χ3v) is 3.65. The van der Waals surface area contributed by atoms with Crippen molar-refractivity contribution in [1.29, 1.82) is 0 Å². The Balaban J connectivity index is 2.51. The highest BCUT2D eigenvalue weighted by Crippen LogP contribution is 2.27. The zero-order valence-corrected chi connectivity index (χ0v) is 12.2. The summed E-state index contributed by atoms with van der Waals surface area (Å²) in [5, 5.41) is 2.94. The molecule has 1 N–H and O–H groups in total. The van der Waals surface area contributed by atoms with Crippen LogP contribution in [0.25, 0.3) is 0 Å². The summed E-state index contributed by atoms with van der Waals surface area (Å²) < 4.78 is 0. The maximum absolute atomic E-state index is 11.4. The van der Waals surface area contributed by atoms with Crippen LogP contribution in [-0.4, -0.2) is 37.2 Å². The first kappa shape index (κ1) is 15.1. The fourth-order valence-electron chi connectivity index (χ4n) is 1.50. The van der Waals surface area contributed by atoms with E-state index < -0.39 is 0 Å². The van der Waals surface area contributed by atoms with Crippen molar-refractivity contribution < 1.29 is 4.79 Å².